The third-order valence-electron chi connectivity index (χ3n) is 3.50. The van der Waals surface area contributed by atoms with Gasteiger partial charge < -0.3 is 9.84 Å². The van der Waals surface area contributed by atoms with Crippen LogP contribution in [-0.4, -0.2) is 33.1 Å². The van der Waals surface area contributed by atoms with Crippen LogP contribution in [0.3, 0.4) is 0 Å². The molecule has 5 heteroatoms. The van der Waals surface area contributed by atoms with Crippen LogP contribution in [0.5, 0.6) is 0 Å². The molecule has 1 aliphatic rings. The summed E-state index contributed by atoms with van der Waals surface area (Å²) < 4.78 is 7.36. The van der Waals surface area contributed by atoms with Gasteiger partial charge >= 0.3 is 0 Å². The molecule has 1 aliphatic heterocycles. The fourth-order valence-electron chi connectivity index (χ4n) is 2.51. The summed E-state index contributed by atoms with van der Waals surface area (Å²) in [7, 11) is 0. The van der Waals surface area contributed by atoms with Crippen molar-refractivity contribution in [2.75, 3.05) is 13.2 Å². The van der Waals surface area contributed by atoms with Crippen LogP contribution in [0.15, 0.2) is 30.3 Å². The predicted octanol–water partition coefficient (Wildman–Crippen LogP) is 1.65. The first kappa shape index (κ1) is 12.3. The van der Waals surface area contributed by atoms with Crippen molar-refractivity contribution >= 4 is 0 Å². The van der Waals surface area contributed by atoms with Gasteiger partial charge in [-0.25, -0.2) is 0 Å². The first-order chi connectivity index (χ1) is 9.40. The van der Waals surface area contributed by atoms with Gasteiger partial charge in [0.25, 0.3) is 0 Å². The largest absolute Gasteiger partial charge is 0.388 e. The molecule has 1 fully saturated rings. The van der Waals surface area contributed by atoms with E-state index in [-0.39, 0.29) is 6.61 Å². The summed E-state index contributed by atoms with van der Waals surface area (Å²) in [5.41, 5.74) is 0.998. The molecular weight excluding hydrogens is 242 g/mol. The van der Waals surface area contributed by atoms with Crippen molar-refractivity contribution in [3.8, 4) is 5.69 Å². The fourth-order valence-corrected chi connectivity index (χ4v) is 2.51. The Kier molecular flexibility index (Phi) is 3.57. The third kappa shape index (κ3) is 2.39. The van der Waals surface area contributed by atoms with E-state index in [0.717, 1.165) is 37.6 Å². The zero-order valence-electron chi connectivity index (χ0n) is 10.7. The van der Waals surface area contributed by atoms with Crippen LogP contribution in [0.1, 0.15) is 30.4 Å². The summed E-state index contributed by atoms with van der Waals surface area (Å²) in [6.45, 7) is 1.42. The molecule has 0 amide bonds. The van der Waals surface area contributed by atoms with Crippen LogP contribution in [-0.2, 0) is 11.3 Å². The van der Waals surface area contributed by atoms with Gasteiger partial charge in [0.2, 0.25) is 0 Å². The Balaban J connectivity index is 2.03. The van der Waals surface area contributed by atoms with Crippen LogP contribution in [0.2, 0.25) is 0 Å². The fraction of sp³-hybridized carbons (Fsp3) is 0.429. The summed E-state index contributed by atoms with van der Waals surface area (Å²) in [5, 5.41) is 17.8. The molecule has 100 valence electrons. The molecule has 0 aliphatic carbocycles. The molecule has 0 atom stereocenters. The molecule has 2 aromatic rings. The number of aliphatic hydroxyl groups excluding tert-OH is 1. The zero-order valence-corrected chi connectivity index (χ0v) is 10.7. The Bertz CT molecular complexity index is 533. The average Bonchev–Trinajstić information content (AvgIpc) is 2.93. The van der Waals surface area contributed by atoms with Crippen molar-refractivity contribution in [3.05, 3.63) is 42.0 Å². The Morgan fingerprint density at radius 1 is 1.16 bits per heavy atom. The molecule has 0 spiro atoms. The van der Waals surface area contributed by atoms with Crippen LogP contribution in [0.25, 0.3) is 5.69 Å². The highest BCUT2D eigenvalue weighted by atomic mass is 16.5. The van der Waals surface area contributed by atoms with Crippen molar-refractivity contribution < 1.29 is 9.84 Å². The standard InChI is InChI=1S/C14H17N3O2/c18-10-13-15-16-14(11-6-8-19-9-7-11)17(13)12-4-2-1-3-5-12/h1-5,11,18H,6-10H2. The monoisotopic (exact) mass is 259 g/mol. The molecule has 0 unspecified atom stereocenters. The number of ether oxygens (including phenoxy) is 1. The number of nitrogens with zero attached hydrogens (tertiary/aromatic N) is 3. The summed E-state index contributed by atoms with van der Waals surface area (Å²) in [6.07, 6.45) is 1.91. The first-order valence-electron chi connectivity index (χ1n) is 6.58. The molecule has 19 heavy (non-hydrogen) atoms. The lowest BCUT2D eigenvalue weighted by Gasteiger charge is -2.22. The van der Waals surface area contributed by atoms with Crippen LogP contribution < -0.4 is 0 Å². The van der Waals surface area contributed by atoms with Crippen LogP contribution >= 0.6 is 0 Å². The summed E-state index contributed by atoms with van der Waals surface area (Å²) >= 11 is 0. The second-order valence-corrected chi connectivity index (χ2v) is 4.69. The quantitative estimate of drug-likeness (QED) is 0.910. The number of rotatable bonds is 3. The van der Waals surface area contributed by atoms with Crippen molar-refractivity contribution in [1.29, 1.82) is 0 Å². The van der Waals surface area contributed by atoms with E-state index in [0.29, 0.717) is 11.7 Å². The van der Waals surface area contributed by atoms with Gasteiger partial charge in [0, 0.05) is 24.8 Å². The highest BCUT2D eigenvalue weighted by Gasteiger charge is 2.24. The average molecular weight is 259 g/mol. The molecule has 1 N–H and O–H groups in total. The summed E-state index contributed by atoms with van der Waals surface area (Å²) in [4.78, 5) is 0. The number of hydrogen-bond donors (Lipinski definition) is 1. The molecular formula is C14H17N3O2. The van der Waals surface area contributed by atoms with E-state index in [1.54, 1.807) is 0 Å². The molecule has 1 aromatic carbocycles. The molecule has 1 aromatic heterocycles. The number of aromatic nitrogens is 3. The van der Waals surface area contributed by atoms with E-state index in [4.69, 9.17) is 4.74 Å². The molecule has 5 nitrogen and oxygen atoms in total. The maximum absolute atomic E-state index is 9.44. The first-order valence-corrected chi connectivity index (χ1v) is 6.58. The smallest absolute Gasteiger partial charge is 0.163 e. The Labute approximate surface area is 111 Å². The SMILES string of the molecule is OCc1nnc(C2CCOCC2)n1-c1ccccc1. The molecule has 0 bridgehead atoms. The predicted molar refractivity (Wildman–Crippen MR) is 70.1 cm³/mol. The lowest BCUT2D eigenvalue weighted by atomic mass is 9.99. The molecule has 0 saturated carbocycles. The number of benzene rings is 1. The van der Waals surface area contributed by atoms with Crippen molar-refractivity contribution in [2.45, 2.75) is 25.4 Å². The zero-order chi connectivity index (χ0) is 13.1. The van der Waals surface area contributed by atoms with E-state index in [1.165, 1.54) is 0 Å². The highest BCUT2D eigenvalue weighted by Crippen LogP contribution is 2.28. The molecule has 0 radical (unpaired) electrons. The number of aliphatic hydroxyl groups is 1. The van der Waals surface area contributed by atoms with Crippen molar-refractivity contribution in [3.63, 3.8) is 0 Å². The Morgan fingerprint density at radius 2 is 1.89 bits per heavy atom. The van der Waals surface area contributed by atoms with Gasteiger partial charge in [-0.2, -0.15) is 0 Å². The number of para-hydroxylation sites is 1. The normalized spacial score (nSPS) is 16.7. The number of hydrogen-bond acceptors (Lipinski definition) is 4. The van der Waals surface area contributed by atoms with Crippen molar-refractivity contribution in [2.24, 2.45) is 0 Å². The van der Waals surface area contributed by atoms with Gasteiger partial charge in [0.05, 0.1) is 0 Å². The maximum Gasteiger partial charge on any atom is 0.163 e. The van der Waals surface area contributed by atoms with Gasteiger partial charge in [-0.1, -0.05) is 18.2 Å². The third-order valence-corrected chi connectivity index (χ3v) is 3.50. The summed E-state index contributed by atoms with van der Waals surface area (Å²) in [5.74, 6) is 1.87. The van der Waals surface area contributed by atoms with E-state index in [1.807, 2.05) is 34.9 Å². The lowest BCUT2D eigenvalue weighted by Crippen LogP contribution is -2.18. The maximum atomic E-state index is 9.44. The van der Waals surface area contributed by atoms with Gasteiger partial charge in [0.15, 0.2) is 5.82 Å². The van der Waals surface area contributed by atoms with E-state index in [9.17, 15) is 5.11 Å². The van der Waals surface area contributed by atoms with E-state index < -0.39 is 0 Å². The minimum Gasteiger partial charge on any atom is -0.388 e. The van der Waals surface area contributed by atoms with Gasteiger partial charge in [-0.05, 0) is 25.0 Å². The van der Waals surface area contributed by atoms with Gasteiger partial charge in [0.1, 0.15) is 12.4 Å². The topological polar surface area (TPSA) is 60.2 Å². The molecule has 1 saturated heterocycles. The van der Waals surface area contributed by atoms with Gasteiger partial charge in [-0.3, -0.25) is 4.57 Å². The minimum absolute atomic E-state index is 0.106. The van der Waals surface area contributed by atoms with Crippen molar-refractivity contribution in [1.82, 2.24) is 14.8 Å². The summed E-state index contributed by atoms with van der Waals surface area (Å²) in [6, 6.07) is 9.94. The van der Waals surface area contributed by atoms with Crippen LogP contribution in [0, 0.1) is 0 Å². The van der Waals surface area contributed by atoms with E-state index in [2.05, 4.69) is 10.2 Å². The lowest BCUT2D eigenvalue weighted by molar-refractivity contribution is 0.0831. The second kappa shape index (κ2) is 5.50. The van der Waals surface area contributed by atoms with Crippen LogP contribution in [0.4, 0.5) is 0 Å². The Hall–Kier alpha value is -1.72. The second-order valence-electron chi connectivity index (χ2n) is 4.69. The van der Waals surface area contributed by atoms with Gasteiger partial charge in [-0.15, -0.1) is 10.2 Å². The van der Waals surface area contributed by atoms with E-state index >= 15 is 0 Å². The minimum atomic E-state index is -0.106. The molecule has 3 rings (SSSR count). The highest BCUT2D eigenvalue weighted by molar-refractivity contribution is 5.34. The molecule has 2 heterocycles. The Morgan fingerprint density at radius 3 is 2.58 bits per heavy atom.